The first kappa shape index (κ1) is 10.6. The highest BCUT2D eigenvalue weighted by atomic mass is 35.5. The summed E-state index contributed by atoms with van der Waals surface area (Å²) < 4.78 is 1.98. The molecule has 0 aliphatic carbocycles. The van der Waals surface area contributed by atoms with Gasteiger partial charge in [-0.25, -0.2) is 9.97 Å². The van der Waals surface area contributed by atoms with E-state index in [1.54, 1.807) is 17.7 Å². The highest BCUT2D eigenvalue weighted by Crippen LogP contribution is 2.23. The number of rotatable bonds is 4. The Morgan fingerprint density at radius 3 is 3.07 bits per heavy atom. The van der Waals surface area contributed by atoms with Crippen LogP contribution in [0.5, 0.6) is 0 Å². The molecule has 2 aromatic rings. The van der Waals surface area contributed by atoms with E-state index in [9.17, 15) is 0 Å². The molecule has 0 saturated carbocycles. The molecule has 0 unspecified atom stereocenters. The Kier molecular flexibility index (Phi) is 3.38. The van der Waals surface area contributed by atoms with Crippen molar-refractivity contribution in [2.75, 3.05) is 5.88 Å². The molecule has 0 amide bonds. The Labute approximate surface area is 97.8 Å². The number of alkyl halides is 1. The normalized spacial score (nSPS) is 10.8. The molecule has 0 spiro atoms. The number of imidazole rings is 1. The molecular formula is C10H12ClN3S. The summed E-state index contributed by atoms with van der Waals surface area (Å²) in [5.74, 6) is 0.693. The zero-order chi connectivity index (χ0) is 10.7. The van der Waals surface area contributed by atoms with Crippen molar-refractivity contribution in [2.24, 2.45) is 7.05 Å². The molecular weight excluding hydrogens is 230 g/mol. The molecule has 0 bridgehead atoms. The largest absolute Gasteiger partial charge is 0.332 e. The van der Waals surface area contributed by atoms with E-state index in [4.69, 9.17) is 11.6 Å². The summed E-state index contributed by atoms with van der Waals surface area (Å²) in [6.07, 6.45) is 5.56. The van der Waals surface area contributed by atoms with Crippen LogP contribution in [0.3, 0.4) is 0 Å². The van der Waals surface area contributed by atoms with Crippen molar-refractivity contribution in [3.8, 4) is 10.7 Å². The standard InChI is InChI=1S/C10H12ClN3S/c1-14-7-12-5-9(14)10-13-8(6-15-10)3-2-4-11/h5-7H,2-4H2,1H3. The van der Waals surface area contributed by atoms with Gasteiger partial charge in [-0.15, -0.1) is 22.9 Å². The fraction of sp³-hybridized carbons (Fsp3) is 0.400. The summed E-state index contributed by atoms with van der Waals surface area (Å²) in [5.41, 5.74) is 2.19. The molecule has 0 saturated heterocycles. The van der Waals surface area contributed by atoms with Crippen LogP contribution >= 0.6 is 22.9 Å². The summed E-state index contributed by atoms with van der Waals surface area (Å²) in [7, 11) is 1.97. The van der Waals surface area contributed by atoms with Gasteiger partial charge in [0.15, 0.2) is 0 Å². The Morgan fingerprint density at radius 1 is 1.53 bits per heavy atom. The lowest BCUT2D eigenvalue weighted by atomic mass is 10.3. The van der Waals surface area contributed by atoms with Crippen LogP contribution in [-0.4, -0.2) is 20.4 Å². The van der Waals surface area contributed by atoms with Crippen molar-refractivity contribution < 1.29 is 0 Å². The molecule has 0 aliphatic rings. The second-order valence-electron chi connectivity index (χ2n) is 3.33. The SMILES string of the molecule is Cn1cncc1-c1nc(CCCCl)cs1. The predicted molar refractivity (Wildman–Crippen MR) is 63.4 cm³/mol. The van der Waals surface area contributed by atoms with Crippen LogP contribution in [0.15, 0.2) is 17.9 Å². The molecule has 2 heterocycles. The summed E-state index contributed by atoms with van der Waals surface area (Å²) in [6.45, 7) is 0. The molecule has 15 heavy (non-hydrogen) atoms. The number of hydrogen-bond acceptors (Lipinski definition) is 3. The summed E-state index contributed by atoms with van der Waals surface area (Å²) in [6, 6.07) is 0. The second kappa shape index (κ2) is 4.77. The lowest BCUT2D eigenvalue weighted by Gasteiger charge is -1.96. The molecule has 5 heteroatoms. The first-order valence-electron chi connectivity index (χ1n) is 4.78. The summed E-state index contributed by atoms with van der Waals surface area (Å²) in [4.78, 5) is 8.63. The number of aryl methyl sites for hydroxylation is 2. The molecule has 0 radical (unpaired) electrons. The minimum Gasteiger partial charge on any atom is -0.332 e. The lowest BCUT2D eigenvalue weighted by molar-refractivity contribution is 0.891. The molecule has 2 rings (SSSR count). The quantitative estimate of drug-likeness (QED) is 0.771. The van der Waals surface area contributed by atoms with Crippen LogP contribution in [0.25, 0.3) is 10.7 Å². The van der Waals surface area contributed by atoms with Gasteiger partial charge < -0.3 is 4.57 Å². The van der Waals surface area contributed by atoms with Crippen LogP contribution in [0.2, 0.25) is 0 Å². The zero-order valence-electron chi connectivity index (χ0n) is 8.48. The highest BCUT2D eigenvalue weighted by Gasteiger charge is 2.07. The second-order valence-corrected chi connectivity index (χ2v) is 4.56. The average Bonchev–Trinajstić information content (AvgIpc) is 2.83. The van der Waals surface area contributed by atoms with Gasteiger partial charge in [-0.3, -0.25) is 0 Å². The number of thiazole rings is 1. The smallest absolute Gasteiger partial charge is 0.141 e. The maximum absolute atomic E-state index is 5.64. The van der Waals surface area contributed by atoms with Crippen molar-refractivity contribution in [2.45, 2.75) is 12.8 Å². The predicted octanol–water partition coefficient (Wildman–Crippen LogP) is 2.72. The first-order chi connectivity index (χ1) is 7.31. The molecule has 0 aliphatic heterocycles. The maximum Gasteiger partial charge on any atom is 0.141 e. The molecule has 0 N–H and O–H groups in total. The van der Waals surface area contributed by atoms with Gasteiger partial charge in [0.25, 0.3) is 0 Å². The van der Waals surface area contributed by atoms with Gasteiger partial charge in [-0.2, -0.15) is 0 Å². The van der Waals surface area contributed by atoms with Crippen molar-refractivity contribution in [1.82, 2.24) is 14.5 Å². The number of halogens is 1. The molecule has 0 atom stereocenters. The fourth-order valence-corrected chi connectivity index (χ4v) is 2.39. The molecule has 3 nitrogen and oxygen atoms in total. The Bertz CT molecular complexity index is 435. The van der Waals surface area contributed by atoms with Gasteiger partial charge in [0.1, 0.15) is 5.01 Å². The van der Waals surface area contributed by atoms with E-state index >= 15 is 0 Å². The first-order valence-corrected chi connectivity index (χ1v) is 6.19. The molecule has 0 fully saturated rings. The van der Waals surface area contributed by atoms with Gasteiger partial charge in [0.05, 0.1) is 23.9 Å². The zero-order valence-corrected chi connectivity index (χ0v) is 10.1. The van der Waals surface area contributed by atoms with Crippen LogP contribution in [0.1, 0.15) is 12.1 Å². The van der Waals surface area contributed by atoms with Crippen LogP contribution < -0.4 is 0 Å². The van der Waals surface area contributed by atoms with Crippen LogP contribution in [-0.2, 0) is 13.5 Å². The van der Waals surface area contributed by atoms with Gasteiger partial charge in [-0.05, 0) is 12.8 Å². The van der Waals surface area contributed by atoms with E-state index in [1.807, 2.05) is 17.8 Å². The van der Waals surface area contributed by atoms with Crippen LogP contribution in [0, 0.1) is 0 Å². The van der Waals surface area contributed by atoms with E-state index < -0.39 is 0 Å². The van der Waals surface area contributed by atoms with Crippen molar-refractivity contribution in [3.63, 3.8) is 0 Å². The van der Waals surface area contributed by atoms with Crippen molar-refractivity contribution in [1.29, 1.82) is 0 Å². The van der Waals surface area contributed by atoms with Crippen LogP contribution in [0.4, 0.5) is 0 Å². The Hall–Kier alpha value is -0.870. The van der Waals surface area contributed by atoms with Gasteiger partial charge in [-0.1, -0.05) is 0 Å². The number of hydrogen-bond donors (Lipinski definition) is 0. The van der Waals surface area contributed by atoms with E-state index in [1.165, 1.54) is 0 Å². The Balaban J connectivity index is 2.17. The van der Waals surface area contributed by atoms with Gasteiger partial charge in [0.2, 0.25) is 0 Å². The third kappa shape index (κ3) is 2.38. The summed E-state index contributed by atoms with van der Waals surface area (Å²) >= 11 is 7.30. The average molecular weight is 242 g/mol. The van der Waals surface area contributed by atoms with Gasteiger partial charge >= 0.3 is 0 Å². The van der Waals surface area contributed by atoms with Crippen molar-refractivity contribution >= 4 is 22.9 Å². The molecule has 2 aromatic heterocycles. The van der Waals surface area contributed by atoms with Crippen molar-refractivity contribution in [3.05, 3.63) is 23.6 Å². The van der Waals surface area contributed by atoms with E-state index in [2.05, 4.69) is 15.3 Å². The number of nitrogens with zero attached hydrogens (tertiary/aromatic N) is 3. The molecule has 0 aromatic carbocycles. The minimum atomic E-state index is 0.693. The number of aromatic nitrogens is 3. The van der Waals surface area contributed by atoms with Gasteiger partial charge in [0, 0.05) is 18.3 Å². The lowest BCUT2D eigenvalue weighted by Crippen LogP contribution is -1.90. The topological polar surface area (TPSA) is 30.7 Å². The highest BCUT2D eigenvalue weighted by molar-refractivity contribution is 7.13. The summed E-state index contributed by atoms with van der Waals surface area (Å²) in [5, 5.41) is 3.12. The maximum atomic E-state index is 5.64. The minimum absolute atomic E-state index is 0.693. The van der Waals surface area contributed by atoms with E-state index in [-0.39, 0.29) is 0 Å². The molecule has 80 valence electrons. The third-order valence-electron chi connectivity index (χ3n) is 2.15. The third-order valence-corrected chi connectivity index (χ3v) is 3.33. The Morgan fingerprint density at radius 2 is 2.40 bits per heavy atom. The monoisotopic (exact) mass is 241 g/mol. The van der Waals surface area contributed by atoms with E-state index in [0.717, 1.165) is 29.2 Å². The van der Waals surface area contributed by atoms with E-state index in [0.29, 0.717) is 5.88 Å². The fourth-order valence-electron chi connectivity index (χ4n) is 1.35.